The van der Waals surface area contributed by atoms with Gasteiger partial charge in [-0.05, 0) is 36.4 Å². The lowest BCUT2D eigenvalue weighted by atomic mass is 10.2. The van der Waals surface area contributed by atoms with Gasteiger partial charge in [-0.3, -0.25) is 0 Å². The van der Waals surface area contributed by atoms with Crippen LogP contribution in [0.2, 0.25) is 5.02 Å². The molecule has 3 rings (SSSR count). The standard InChI is InChI=1S/C20H24ClN3O3/c1-26-16-6-8-17(9-7-16)27-15-10-22-20(25)24-13-11-23(12-14-24)19-5-3-2-4-18(19)21/h2-9H,10-15H2,1H3,(H,22,25). The van der Waals surface area contributed by atoms with Crippen LogP contribution in [0.15, 0.2) is 48.5 Å². The van der Waals surface area contributed by atoms with E-state index >= 15 is 0 Å². The number of rotatable bonds is 6. The van der Waals surface area contributed by atoms with Crippen LogP contribution in [0.3, 0.4) is 0 Å². The van der Waals surface area contributed by atoms with E-state index in [1.165, 1.54) is 0 Å². The van der Waals surface area contributed by atoms with Crippen molar-refractivity contribution in [3.8, 4) is 11.5 Å². The predicted molar refractivity (Wildman–Crippen MR) is 107 cm³/mol. The number of urea groups is 1. The number of benzene rings is 2. The van der Waals surface area contributed by atoms with Crippen molar-refractivity contribution in [1.82, 2.24) is 10.2 Å². The highest BCUT2D eigenvalue weighted by atomic mass is 35.5. The highest BCUT2D eigenvalue weighted by molar-refractivity contribution is 6.33. The van der Waals surface area contributed by atoms with Gasteiger partial charge < -0.3 is 24.6 Å². The summed E-state index contributed by atoms with van der Waals surface area (Å²) in [5.41, 5.74) is 1.02. The molecule has 2 amide bonds. The maximum Gasteiger partial charge on any atom is 0.317 e. The molecule has 144 valence electrons. The predicted octanol–water partition coefficient (Wildman–Crippen LogP) is 3.26. The third-order valence-electron chi connectivity index (χ3n) is 4.47. The summed E-state index contributed by atoms with van der Waals surface area (Å²) < 4.78 is 10.7. The number of carbonyl (C=O) groups excluding carboxylic acids is 1. The zero-order valence-corrected chi connectivity index (χ0v) is 16.1. The van der Waals surface area contributed by atoms with Gasteiger partial charge in [-0.15, -0.1) is 0 Å². The highest BCUT2D eigenvalue weighted by Crippen LogP contribution is 2.26. The molecule has 6 nitrogen and oxygen atoms in total. The third-order valence-corrected chi connectivity index (χ3v) is 4.79. The molecule has 1 aliphatic rings. The summed E-state index contributed by atoms with van der Waals surface area (Å²) in [6, 6.07) is 15.1. The number of halogens is 1. The average Bonchev–Trinajstić information content (AvgIpc) is 2.72. The molecule has 0 aromatic heterocycles. The van der Waals surface area contributed by atoms with E-state index < -0.39 is 0 Å². The number of carbonyl (C=O) groups is 1. The lowest BCUT2D eigenvalue weighted by Gasteiger charge is -2.36. The van der Waals surface area contributed by atoms with Gasteiger partial charge in [0.25, 0.3) is 0 Å². The lowest BCUT2D eigenvalue weighted by molar-refractivity contribution is 0.191. The molecule has 27 heavy (non-hydrogen) atoms. The van der Waals surface area contributed by atoms with Gasteiger partial charge in [0.05, 0.1) is 24.4 Å². The van der Waals surface area contributed by atoms with Crippen LogP contribution < -0.4 is 19.7 Å². The van der Waals surface area contributed by atoms with E-state index in [0.717, 1.165) is 35.3 Å². The van der Waals surface area contributed by atoms with Gasteiger partial charge >= 0.3 is 6.03 Å². The molecule has 0 spiro atoms. The zero-order chi connectivity index (χ0) is 19.1. The molecule has 2 aromatic rings. The minimum Gasteiger partial charge on any atom is -0.497 e. The number of methoxy groups -OCH3 is 1. The highest BCUT2D eigenvalue weighted by Gasteiger charge is 2.21. The molecular weight excluding hydrogens is 366 g/mol. The van der Waals surface area contributed by atoms with Gasteiger partial charge in [0.2, 0.25) is 0 Å². The Balaban J connectivity index is 1.37. The number of ether oxygens (including phenoxy) is 2. The Morgan fingerprint density at radius 2 is 1.70 bits per heavy atom. The second-order valence-corrected chi connectivity index (χ2v) is 6.59. The zero-order valence-electron chi connectivity index (χ0n) is 15.4. The molecule has 1 heterocycles. The molecule has 0 unspecified atom stereocenters. The van der Waals surface area contributed by atoms with Crippen molar-refractivity contribution < 1.29 is 14.3 Å². The molecular formula is C20H24ClN3O3. The van der Waals surface area contributed by atoms with Gasteiger partial charge in [-0.2, -0.15) is 0 Å². The summed E-state index contributed by atoms with van der Waals surface area (Å²) in [4.78, 5) is 16.3. The van der Waals surface area contributed by atoms with Gasteiger partial charge in [0, 0.05) is 26.2 Å². The maximum atomic E-state index is 12.3. The lowest BCUT2D eigenvalue weighted by Crippen LogP contribution is -2.52. The monoisotopic (exact) mass is 389 g/mol. The van der Waals surface area contributed by atoms with Crippen molar-refractivity contribution in [2.24, 2.45) is 0 Å². The van der Waals surface area contributed by atoms with Crippen molar-refractivity contribution in [1.29, 1.82) is 0 Å². The van der Waals surface area contributed by atoms with Crippen molar-refractivity contribution in [2.45, 2.75) is 0 Å². The summed E-state index contributed by atoms with van der Waals surface area (Å²) in [5.74, 6) is 1.53. The van der Waals surface area contributed by atoms with Crippen molar-refractivity contribution in [2.75, 3.05) is 51.3 Å². The number of nitrogens with one attached hydrogen (secondary N) is 1. The molecule has 1 N–H and O–H groups in total. The quantitative estimate of drug-likeness (QED) is 0.770. The molecule has 0 atom stereocenters. The Labute approximate surface area is 164 Å². The van der Waals surface area contributed by atoms with Gasteiger partial charge in [0.15, 0.2) is 0 Å². The fourth-order valence-corrected chi connectivity index (χ4v) is 3.22. The largest absolute Gasteiger partial charge is 0.497 e. The van der Waals surface area contributed by atoms with Crippen molar-refractivity contribution >= 4 is 23.3 Å². The Morgan fingerprint density at radius 1 is 1.04 bits per heavy atom. The summed E-state index contributed by atoms with van der Waals surface area (Å²) in [6.07, 6.45) is 0. The third kappa shape index (κ3) is 5.20. The molecule has 2 aromatic carbocycles. The van der Waals surface area contributed by atoms with Gasteiger partial charge in [0.1, 0.15) is 18.1 Å². The van der Waals surface area contributed by atoms with E-state index in [2.05, 4.69) is 10.2 Å². The van der Waals surface area contributed by atoms with Crippen LogP contribution in [0.25, 0.3) is 0 Å². The van der Waals surface area contributed by atoms with Crippen LogP contribution in [-0.2, 0) is 0 Å². The van der Waals surface area contributed by atoms with Crippen LogP contribution in [0.5, 0.6) is 11.5 Å². The summed E-state index contributed by atoms with van der Waals surface area (Å²) in [5, 5.41) is 3.65. The smallest absolute Gasteiger partial charge is 0.317 e. The molecule has 1 saturated heterocycles. The SMILES string of the molecule is COc1ccc(OCCNC(=O)N2CCN(c3ccccc3Cl)CC2)cc1. The fourth-order valence-electron chi connectivity index (χ4n) is 2.97. The average molecular weight is 390 g/mol. The summed E-state index contributed by atoms with van der Waals surface area (Å²) >= 11 is 6.25. The van der Waals surface area contributed by atoms with Crippen LogP contribution in [0.4, 0.5) is 10.5 Å². The molecule has 1 fully saturated rings. The first-order valence-electron chi connectivity index (χ1n) is 8.96. The van der Waals surface area contributed by atoms with Gasteiger partial charge in [-0.25, -0.2) is 4.79 Å². The van der Waals surface area contributed by atoms with Crippen molar-refractivity contribution in [3.05, 3.63) is 53.6 Å². The summed E-state index contributed by atoms with van der Waals surface area (Å²) in [6.45, 7) is 3.72. The van der Waals surface area contributed by atoms with E-state index in [1.807, 2.05) is 53.4 Å². The van der Waals surface area contributed by atoms with Crippen LogP contribution >= 0.6 is 11.6 Å². The topological polar surface area (TPSA) is 54.0 Å². The first-order valence-corrected chi connectivity index (χ1v) is 9.34. The normalized spacial score (nSPS) is 14.0. The number of hydrogen-bond donors (Lipinski definition) is 1. The Morgan fingerprint density at radius 3 is 2.37 bits per heavy atom. The van der Waals surface area contributed by atoms with E-state index in [-0.39, 0.29) is 6.03 Å². The number of piperazine rings is 1. The molecule has 0 saturated carbocycles. The summed E-state index contributed by atoms with van der Waals surface area (Å²) in [7, 11) is 1.62. The van der Waals surface area contributed by atoms with E-state index in [4.69, 9.17) is 21.1 Å². The molecule has 7 heteroatoms. The first kappa shape index (κ1) is 19.2. The van der Waals surface area contributed by atoms with E-state index in [1.54, 1.807) is 7.11 Å². The number of hydrogen-bond acceptors (Lipinski definition) is 4. The Bertz CT molecular complexity index is 746. The number of anilines is 1. The molecule has 0 radical (unpaired) electrons. The Kier molecular flexibility index (Phi) is 6.65. The second kappa shape index (κ2) is 9.37. The van der Waals surface area contributed by atoms with Crippen molar-refractivity contribution in [3.63, 3.8) is 0 Å². The van der Waals surface area contributed by atoms with Crippen LogP contribution in [0, 0.1) is 0 Å². The van der Waals surface area contributed by atoms with Crippen LogP contribution in [0.1, 0.15) is 0 Å². The molecule has 0 bridgehead atoms. The van der Waals surface area contributed by atoms with Gasteiger partial charge in [-0.1, -0.05) is 23.7 Å². The molecule has 0 aliphatic carbocycles. The Hall–Kier alpha value is -2.60. The maximum absolute atomic E-state index is 12.3. The van der Waals surface area contributed by atoms with Crippen LogP contribution in [-0.4, -0.2) is 57.4 Å². The second-order valence-electron chi connectivity index (χ2n) is 6.18. The van der Waals surface area contributed by atoms with E-state index in [0.29, 0.717) is 26.2 Å². The minimum atomic E-state index is -0.0628. The van der Waals surface area contributed by atoms with E-state index in [9.17, 15) is 4.79 Å². The first-order chi connectivity index (χ1) is 13.2. The number of para-hydroxylation sites is 1. The number of nitrogens with zero attached hydrogens (tertiary/aromatic N) is 2. The fraction of sp³-hybridized carbons (Fsp3) is 0.350. The minimum absolute atomic E-state index is 0.0628. The molecule has 1 aliphatic heterocycles. The number of amides is 2.